The Morgan fingerprint density at radius 2 is 1.64 bits per heavy atom. The maximum atomic E-state index is 13.7. The van der Waals surface area contributed by atoms with Crippen molar-refractivity contribution >= 4 is 16.8 Å². The van der Waals surface area contributed by atoms with E-state index in [1.807, 2.05) is 86.6 Å². The topological polar surface area (TPSA) is 64.4 Å². The van der Waals surface area contributed by atoms with Crippen LogP contribution < -0.4 is 5.56 Å². The molecule has 1 amide bonds. The van der Waals surface area contributed by atoms with E-state index in [2.05, 4.69) is 6.92 Å². The number of nitrogens with zero attached hydrogens (tertiary/aromatic N) is 3. The summed E-state index contributed by atoms with van der Waals surface area (Å²) in [4.78, 5) is 33.6. The second-order valence-corrected chi connectivity index (χ2v) is 8.89. The van der Waals surface area contributed by atoms with E-state index in [0.29, 0.717) is 29.9 Å². The molecule has 6 nitrogen and oxygen atoms in total. The Kier molecular flexibility index (Phi) is 8.28. The molecule has 0 saturated heterocycles. The van der Waals surface area contributed by atoms with Crippen molar-refractivity contribution in [2.75, 3.05) is 13.2 Å². The second-order valence-electron chi connectivity index (χ2n) is 8.89. The molecule has 1 unspecified atom stereocenters. The van der Waals surface area contributed by atoms with Crippen LogP contribution in [0.4, 0.5) is 0 Å². The first-order chi connectivity index (χ1) is 17.5. The summed E-state index contributed by atoms with van der Waals surface area (Å²) in [5.41, 5.74) is 3.42. The van der Waals surface area contributed by atoms with E-state index in [0.717, 1.165) is 24.1 Å². The molecule has 36 heavy (non-hydrogen) atoms. The van der Waals surface area contributed by atoms with Gasteiger partial charge >= 0.3 is 0 Å². The summed E-state index contributed by atoms with van der Waals surface area (Å²) in [5.74, 6) is 0.406. The number of para-hydroxylation sites is 1. The van der Waals surface area contributed by atoms with Crippen LogP contribution in [-0.4, -0.2) is 33.5 Å². The van der Waals surface area contributed by atoms with Gasteiger partial charge in [-0.25, -0.2) is 4.98 Å². The highest BCUT2D eigenvalue weighted by atomic mass is 16.5. The van der Waals surface area contributed by atoms with Crippen LogP contribution in [0.5, 0.6) is 0 Å². The molecular formula is C30H33N3O3. The number of hydrogen-bond acceptors (Lipinski definition) is 4. The van der Waals surface area contributed by atoms with Gasteiger partial charge in [-0.05, 0) is 55.2 Å². The van der Waals surface area contributed by atoms with Gasteiger partial charge in [-0.3, -0.25) is 14.2 Å². The van der Waals surface area contributed by atoms with Crippen molar-refractivity contribution in [2.45, 2.75) is 46.3 Å². The summed E-state index contributed by atoms with van der Waals surface area (Å²) < 4.78 is 7.40. The van der Waals surface area contributed by atoms with Gasteiger partial charge in [0.1, 0.15) is 12.4 Å². The Balaban J connectivity index is 1.69. The van der Waals surface area contributed by atoms with Crippen LogP contribution in [0.3, 0.4) is 0 Å². The van der Waals surface area contributed by atoms with Gasteiger partial charge in [0.2, 0.25) is 5.91 Å². The summed E-state index contributed by atoms with van der Waals surface area (Å²) in [5, 5.41) is 0.549. The van der Waals surface area contributed by atoms with E-state index >= 15 is 0 Å². The molecule has 3 aromatic carbocycles. The first kappa shape index (κ1) is 25.3. The molecule has 1 aromatic heterocycles. The zero-order valence-electron chi connectivity index (χ0n) is 21.2. The lowest BCUT2D eigenvalue weighted by atomic mass is 10.1. The van der Waals surface area contributed by atoms with Crippen molar-refractivity contribution in [1.82, 2.24) is 14.5 Å². The Morgan fingerprint density at radius 3 is 2.33 bits per heavy atom. The summed E-state index contributed by atoms with van der Waals surface area (Å²) in [6.45, 7) is 6.92. The van der Waals surface area contributed by atoms with Crippen LogP contribution in [0.15, 0.2) is 83.7 Å². The number of benzene rings is 3. The molecule has 0 aliphatic rings. The van der Waals surface area contributed by atoms with Crippen LogP contribution in [0, 0.1) is 0 Å². The highest BCUT2D eigenvalue weighted by molar-refractivity contribution is 5.79. The second kappa shape index (κ2) is 11.8. The molecule has 1 heterocycles. The predicted molar refractivity (Wildman–Crippen MR) is 143 cm³/mol. The average Bonchev–Trinajstić information content (AvgIpc) is 2.92. The molecular weight excluding hydrogens is 450 g/mol. The minimum Gasteiger partial charge on any atom is -0.367 e. The van der Waals surface area contributed by atoms with Crippen LogP contribution in [0.1, 0.15) is 50.2 Å². The summed E-state index contributed by atoms with van der Waals surface area (Å²) in [6, 6.07) is 24.6. The minimum atomic E-state index is -0.430. The molecule has 186 valence electrons. The van der Waals surface area contributed by atoms with Crippen LogP contribution in [-0.2, 0) is 22.6 Å². The first-order valence-electron chi connectivity index (χ1n) is 12.6. The Bertz CT molecular complexity index is 1360. The monoisotopic (exact) mass is 483 g/mol. The Morgan fingerprint density at radius 1 is 0.944 bits per heavy atom. The zero-order chi connectivity index (χ0) is 25.5. The van der Waals surface area contributed by atoms with Crippen molar-refractivity contribution in [1.29, 1.82) is 0 Å². The highest BCUT2D eigenvalue weighted by Gasteiger charge is 2.26. The van der Waals surface area contributed by atoms with Gasteiger partial charge in [-0.15, -0.1) is 0 Å². The fourth-order valence-corrected chi connectivity index (χ4v) is 4.39. The van der Waals surface area contributed by atoms with Gasteiger partial charge in [0.15, 0.2) is 0 Å². The lowest BCUT2D eigenvalue weighted by molar-refractivity contribution is -0.139. The molecule has 0 bridgehead atoms. The van der Waals surface area contributed by atoms with E-state index < -0.39 is 6.04 Å². The van der Waals surface area contributed by atoms with Gasteiger partial charge in [0.25, 0.3) is 5.56 Å². The van der Waals surface area contributed by atoms with Crippen molar-refractivity contribution in [2.24, 2.45) is 0 Å². The molecule has 0 aliphatic carbocycles. The van der Waals surface area contributed by atoms with E-state index in [4.69, 9.17) is 9.72 Å². The largest absolute Gasteiger partial charge is 0.367 e. The quantitative estimate of drug-likeness (QED) is 0.300. The molecule has 6 heteroatoms. The molecule has 0 radical (unpaired) electrons. The number of ether oxygens (including phenoxy) is 1. The highest BCUT2D eigenvalue weighted by Crippen LogP contribution is 2.24. The summed E-state index contributed by atoms with van der Waals surface area (Å²) in [6.07, 6.45) is 1.69. The van der Waals surface area contributed by atoms with Gasteiger partial charge in [0, 0.05) is 6.54 Å². The zero-order valence-corrected chi connectivity index (χ0v) is 21.2. The van der Waals surface area contributed by atoms with E-state index in [1.165, 1.54) is 5.56 Å². The number of amides is 1. The number of rotatable bonds is 10. The average molecular weight is 484 g/mol. The van der Waals surface area contributed by atoms with Crippen molar-refractivity contribution in [3.05, 3.63) is 106 Å². The third-order valence-corrected chi connectivity index (χ3v) is 6.37. The first-order valence-corrected chi connectivity index (χ1v) is 12.6. The fourth-order valence-electron chi connectivity index (χ4n) is 4.39. The number of carbonyl (C=O) groups excluding carboxylic acids is 1. The Hall–Kier alpha value is -3.77. The molecule has 0 saturated carbocycles. The van der Waals surface area contributed by atoms with Gasteiger partial charge in [0.05, 0.1) is 29.2 Å². The molecule has 0 N–H and O–H groups in total. The van der Waals surface area contributed by atoms with E-state index in [9.17, 15) is 9.59 Å². The third-order valence-electron chi connectivity index (χ3n) is 6.37. The molecule has 0 aliphatic heterocycles. The fraction of sp³-hybridized carbons (Fsp3) is 0.300. The molecule has 1 atom stereocenters. The van der Waals surface area contributed by atoms with E-state index in [1.54, 1.807) is 15.5 Å². The van der Waals surface area contributed by atoms with Crippen molar-refractivity contribution in [3.8, 4) is 5.69 Å². The number of aryl methyl sites for hydroxylation is 1. The maximum absolute atomic E-state index is 13.7. The van der Waals surface area contributed by atoms with Gasteiger partial charge in [-0.1, -0.05) is 68.4 Å². The lowest BCUT2D eigenvalue weighted by Gasteiger charge is -2.30. The lowest BCUT2D eigenvalue weighted by Crippen LogP contribution is -2.39. The molecule has 0 fully saturated rings. The normalized spacial score (nSPS) is 12.0. The van der Waals surface area contributed by atoms with Crippen molar-refractivity contribution < 1.29 is 9.53 Å². The number of aromatic nitrogens is 2. The van der Waals surface area contributed by atoms with Crippen molar-refractivity contribution in [3.63, 3.8) is 0 Å². The molecule has 0 spiro atoms. The Labute approximate surface area is 212 Å². The minimum absolute atomic E-state index is 0.0394. The smallest absolute Gasteiger partial charge is 0.266 e. The number of carbonyl (C=O) groups is 1. The van der Waals surface area contributed by atoms with Gasteiger partial charge in [-0.2, -0.15) is 0 Å². The van der Waals surface area contributed by atoms with E-state index in [-0.39, 0.29) is 18.1 Å². The number of fused-ring (bicyclic) bond motifs is 1. The molecule has 4 aromatic rings. The standard InChI is InChI=1S/C30H33N3O3/c1-4-19-32(28(34)21-36-20-24-11-7-6-8-12-24)22(3)29-31-27-14-10-9-13-26(27)30(35)33(29)25-17-15-23(5-2)16-18-25/h6-18,22H,4-5,19-21H2,1-3H3. The van der Waals surface area contributed by atoms with Crippen LogP contribution >= 0.6 is 0 Å². The molecule has 4 rings (SSSR count). The van der Waals surface area contributed by atoms with Crippen LogP contribution in [0.25, 0.3) is 16.6 Å². The van der Waals surface area contributed by atoms with Gasteiger partial charge < -0.3 is 9.64 Å². The summed E-state index contributed by atoms with van der Waals surface area (Å²) >= 11 is 0. The third kappa shape index (κ3) is 5.55. The maximum Gasteiger partial charge on any atom is 0.266 e. The van der Waals surface area contributed by atoms with Crippen LogP contribution in [0.2, 0.25) is 0 Å². The summed E-state index contributed by atoms with van der Waals surface area (Å²) in [7, 11) is 0. The SMILES string of the molecule is CCCN(C(=O)COCc1ccccc1)C(C)c1nc2ccccc2c(=O)n1-c1ccc(CC)cc1. The number of hydrogen-bond donors (Lipinski definition) is 0. The predicted octanol–water partition coefficient (Wildman–Crippen LogP) is 5.46.